The number of nitrogens with zero attached hydrogens (tertiary/aromatic N) is 2. The lowest BCUT2D eigenvalue weighted by molar-refractivity contribution is 0.381. The van der Waals surface area contributed by atoms with Gasteiger partial charge in [0.15, 0.2) is 0 Å². The van der Waals surface area contributed by atoms with Crippen LogP contribution in [0.15, 0.2) is 42.6 Å². The molecule has 0 saturated heterocycles. The minimum absolute atomic E-state index is 0.0683. The van der Waals surface area contributed by atoms with Crippen molar-refractivity contribution in [1.82, 2.24) is 15.1 Å². The average molecular weight is 243 g/mol. The van der Waals surface area contributed by atoms with E-state index in [0.717, 1.165) is 18.7 Å². The van der Waals surface area contributed by atoms with Crippen molar-refractivity contribution in [2.24, 2.45) is 7.05 Å². The van der Waals surface area contributed by atoms with Crippen LogP contribution in [0.5, 0.6) is 0 Å². The van der Waals surface area contributed by atoms with E-state index in [0.29, 0.717) is 0 Å². The normalized spacial score (nSPS) is 11.7. The number of benzene rings is 1. The lowest BCUT2D eigenvalue weighted by atomic mass is 9.95. The van der Waals surface area contributed by atoms with Gasteiger partial charge in [-0.25, -0.2) is 0 Å². The smallest absolute Gasteiger partial charge is 0.0762 e. The summed E-state index contributed by atoms with van der Waals surface area (Å²) in [5.74, 6) is 0. The van der Waals surface area contributed by atoms with Crippen LogP contribution in [0.2, 0.25) is 0 Å². The molecule has 0 unspecified atom stereocenters. The highest BCUT2D eigenvalue weighted by Gasteiger charge is 2.17. The van der Waals surface area contributed by atoms with E-state index in [1.165, 1.54) is 5.56 Å². The fraction of sp³-hybridized carbons (Fsp3) is 0.400. The Balaban J connectivity index is 1.91. The summed E-state index contributed by atoms with van der Waals surface area (Å²) in [5, 5.41) is 7.94. The summed E-state index contributed by atoms with van der Waals surface area (Å²) < 4.78 is 1.83. The number of nitrogens with one attached hydrogen (secondary N) is 1. The van der Waals surface area contributed by atoms with Gasteiger partial charge in [0.2, 0.25) is 0 Å². The number of aromatic nitrogens is 2. The Morgan fingerprint density at radius 3 is 2.50 bits per heavy atom. The Labute approximate surface area is 109 Å². The van der Waals surface area contributed by atoms with Crippen molar-refractivity contribution >= 4 is 0 Å². The largest absolute Gasteiger partial charge is 0.306 e. The second-order valence-corrected chi connectivity index (χ2v) is 5.38. The number of aryl methyl sites for hydroxylation is 1. The lowest BCUT2D eigenvalue weighted by Crippen LogP contribution is -2.40. The van der Waals surface area contributed by atoms with E-state index in [1.54, 1.807) is 0 Å². The number of hydrogen-bond acceptors (Lipinski definition) is 2. The Kier molecular flexibility index (Phi) is 3.82. The van der Waals surface area contributed by atoms with Gasteiger partial charge >= 0.3 is 0 Å². The molecule has 0 aliphatic rings. The summed E-state index contributed by atoms with van der Waals surface area (Å²) in [4.78, 5) is 0. The minimum atomic E-state index is 0.0683. The van der Waals surface area contributed by atoms with Crippen molar-refractivity contribution in [2.45, 2.75) is 32.4 Å². The number of hydrogen-bond donors (Lipinski definition) is 1. The molecule has 18 heavy (non-hydrogen) atoms. The highest BCUT2D eigenvalue weighted by atomic mass is 15.3. The first kappa shape index (κ1) is 12.8. The molecule has 0 atom stereocenters. The molecule has 0 saturated carbocycles. The van der Waals surface area contributed by atoms with E-state index in [-0.39, 0.29) is 5.54 Å². The molecule has 2 aromatic rings. The van der Waals surface area contributed by atoms with Crippen LogP contribution in [-0.4, -0.2) is 15.3 Å². The maximum atomic E-state index is 4.37. The first-order valence-corrected chi connectivity index (χ1v) is 6.33. The van der Waals surface area contributed by atoms with Crippen LogP contribution in [0.3, 0.4) is 0 Å². The van der Waals surface area contributed by atoms with Crippen molar-refractivity contribution in [2.75, 3.05) is 0 Å². The monoisotopic (exact) mass is 243 g/mol. The van der Waals surface area contributed by atoms with Gasteiger partial charge in [0.25, 0.3) is 0 Å². The van der Waals surface area contributed by atoms with E-state index in [4.69, 9.17) is 0 Å². The molecule has 1 aromatic carbocycles. The molecule has 0 bridgehead atoms. The highest BCUT2D eigenvalue weighted by molar-refractivity contribution is 5.17. The van der Waals surface area contributed by atoms with E-state index < -0.39 is 0 Å². The molecule has 96 valence electrons. The van der Waals surface area contributed by atoms with Gasteiger partial charge in [-0.05, 0) is 31.9 Å². The molecule has 2 rings (SSSR count). The second kappa shape index (κ2) is 5.36. The zero-order valence-corrected chi connectivity index (χ0v) is 11.4. The third-order valence-electron chi connectivity index (χ3n) is 3.01. The summed E-state index contributed by atoms with van der Waals surface area (Å²) >= 11 is 0. The van der Waals surface area contributed by atoms with E-state index in [1.807, 2.05) is 24.0 Å². The molecule has 0 aliphatic carbocycles. The van der Waals surface area contributed by atoms with Crippen molar-refractivity contribution in [1.29, 1.82) is 0 Å². The van der Waals surface area contributed by atoms with Crippen LogP contribution >= 0.6 is 0 Å². The van der Waals surface area contributed by atoms with Gasteiger partial charge in [0.05, 0.1) is 5.69 Å². The van der Waals surface area contributed by atoms with Crippen molar-refractivity contribution in [3.63, 3.8) is 0 Å². The molecule has 0 aliphatic heterocycles. The molecule has 1 N–H and O–H groups in total. The van der Waals surface area contributed by atoms with Crippen molar-refractivity contribution < 1.29 is 0 Å². The molecule has 3 heteroatoms. The molecule has 1 aromatic heterocycles. The fourth-order valence-corrected chi connectivity index (χ4v) is 2.06. The first-order valence-electron chi connectivity index (χ1n) is 6.33. The fourth-order valence-electron chi connectivity index (χ4n) is 2.06. The SMILES string of the molecule is Cn1ccc(CNC(C)(C)Cc2ccccc2)n1. The van der Waals surface area contributed by atoms with E-state index >= 15 is 0 Å². The number of rotatable bonds is 5. The molecule has 0 radical (unpaired) electrons. The maximum absolute atomic E-state index is 4.37. The Morgan fingerprint density at radius 2 is 1.89 bits per heavy atom. The average Bonchev–Trinajstić information content (AvgIpc) is 2.74. The van der Waals surface area contributed by atoms with Gasteiger partial charge < -0.3 is 5.32 Å². The quantitative estimate of drug-likeness (QED) is 0.874. The minimum Gasteiger partial charge on any atom is -0.306 e. The zero-order chi connectivity index (χ0) is 13.0. The molecule has 1 heterocycles. The van der Waals surface area contributed by atoms with Crippen LogP contribution in [0, 0.1) is 0 Å². The van der Waals surface area contributed by atoms with Crippen LogP contribution in [0.25, 0.3) is 0 Å². The predicted octanol–water partition coefficient (Wildman–Crippen LogP) is 2.53. The van der Waals surface area contributed by atoms with E-state index in [9.17, 15) is 0 Å². The molecular weight excluding hydrogens is 222 g/mol. The topological polar surface area (TPSA) is 29.9 Å². The first-order chi connectivity index (χ1) is 8.55. The van der Waals surface area contributed by atoms with Crippen molar-refractivity contribution in [3.8, 4) is 0 Å². The standard InChI is InChI=1S/C15H21N3/c1-15(2,11-13-7-5-4-6-8-13)16-12-14-9-10-18(3)17-14/h4-10,16H,11-12H2,1-3H3. The van der Waals surface area contributed by atoms with Gasteiger partial charge in [0.1, 0.15) is 0 Å². The maximum Gasteiger partial charge on any atom is 0.0762 e. The summed E-state index contributed by atoms with van der Waals surface area (Å²) in [7, 11) is 1.94. The zero-order valence-electron chi connectivity index (χ0n) is 11.4. The third-order valence-corrected chi connectivity index (χ3v) is 3.01. The van der Waals surface area contributed by atoms with Gasteiger partial charge in [-0.2, -0.15) is 5.10 Å². The van der Waals surface area contributed by atoms with Gasteiger partial charge in [-0.3, -0.25) is 4.68 Å². The Bertz CT molecular complexity index is 485. The Morgan fingerprint density at radius 1 is 1.17 bits per heavy atom. The summed E-state index contributed by atoms with van der Waals surface area (Å²) in [6.07, 6.45) is 2.99. The van der Waals surface area contributed by atoms with Crippen LogP contribution < -0.4 is 5.32 Å². The summed E-state index contributed by atoms with van der Waals surface area (Å²) in [6.45, 7) is 5.26. The second-order valence-electron chi connectivity index (χ2n) is 5.38. The highest BCUT2D eigenvalue weighted by Crippen LogP contribution is 2.13. The van der Waals surface area contributed by atoms with Gasteiger partial charge in [0, 0.05) is 25.3 Å². The summed E-state index contributed by atoms with van der Waals surface area (Å²) in [6, 6.07) is 12.6. The van der Waals surface area contributed by atoms with Gasteiger partial charge in [-0.15, -0.1) is 0 Å². The molecular formula is C15H21N3. The summed E-state index contributed by atoms with van der Waals surface area (Å²) in [5.41, 5.74) is 2.51. The predicted molar refractivity (Wildman–Crippen MR) is 74.3 cm³/mol. The van der Waals surface area contributed by atoms with E-state index in [2.05, 4.69) is 54.6 Å². The third kappa shape index (κ3) is 3.70. The Hall–Kier alpha value is -1.61. The van der Waals surface area contributed by atoms with Crippen LogP contribution in [-0.2, 0) is 20.0 Å². The van der Waals surface area contributed by atoms with Gasteiger partial charge in [-0.1, -0.05) is 30.3 Å². The molecule has 0 amide bonds. The van der Waals surface area contributed by atoms with Crippen LogP contribution in [0.4, 0.5) is 0 Å². The van der Waals surface area contributed by atoms with Crippen molar-refractivity contribution in [3.05, 3.63) is 53.9 Å². The molecule has 3 nitrogen and oxygen atoms in total. The molecule has 0 fully saturated rings. The van der Waals surface area contributed by atoms with Crippen LogP contribution in [0.1, 0.15) is 25.1 Å². The lowest BCUT2D eigenvalue weighted by Gasteiger charge is -2.26. The molecule has 0 spiro atoms.